The van der Waals surface area contributed by atoms with Crippen molar-refractivity contribution >= 4 is 11.6 Å². The molecule has 0 saturated carbocycles. The van der Waals surface area contributed by atoms with E-state index in [0.29, 0.717) is 17.2 Å². The van der Waals surface area contributed by atoms with Gasteiger partial charge in [0, 0.05) is 31.0 Å². The van der Waals surface area contributed by atoms with Gasteiger partial charge >= 0.3 is 0 Å². The van der Waals surface area contributed by atoms with Gasteiger partial charge < -0.3 is 15.8 Å². The van der Waals surface area contributed by atoms with Crippen LogP contribution in [0.5, 0.6) is 0 Å². The van der Waals surface area contributed by atoms with Crippen LogP contribution in [0.2, 0.25) is 0 Å². The van der Waals surface area contributed by atoms with E-state index in [1.165, 1.54) is 0 Å². The number of hydrogen-bond donors (Lipinski definition) is 2. The number of carbonyl (C=O) groups is 1. The molecule has 0 atom stereocenters. The van der Waals surface area contributed by atoms with Crippen LogP contribution in [0.1, 0.15) is 29.6 Å². The first kappa shape index (κ1) is 12.9. The van der Waals surface area contributed by atoms with Crippen molar-refractivity contribution in [3.8, 4) is 0 Å². The van der Waals surface area contributed by atoms with E-state index in [9.17, 15) is 4.79 Å². The molecule has 0 aliphatic carbocycles. The number of amides is 1. The summed E-state index contributed by atoms with van der Waals surface area (Å²) >= 11 is 0. The summed E-state index contributed by atoms with van der Waals surface area (Å²) in [5.41, 5.74) is 6.89. The van der Waals surface area contributed by atoms with E-state index in [1.54, 1.807) is 24.3 Å². The van der Waals surface area contributed by atoms with Crippen LogP contribution in [0.25, 0.3) is 0 Å². The zero-order valence-corrected chi connectivity index (χ0v) is 10.5. The van der Waals surface area contributed by atoms with Crippen LogP contribution < -0.4 is 11.1 Å². The molecule has 1 aromatic rings. The number of nitrogens with one attached hydrogen (secondary N) is 1. The highest BCUT2D eigenvalue weighted by atomic mass is 16.5. The zero-order valence-electron chi connectivity index (χ0n) is 10.5. The second-order valence-corrected chi connectivity index (χ2v) is 4.73. The molecule has 18 heavy (non-hydrogen) atoms. The maximum Gasteiger partial charge on any atom is 0.251 e. The van der Waals surface area contributed by atoms with Crippen LogP contribution >= 0.6 is 0 Å². The molecule has 0 bridgehead atoms. The fourth-order valence-electron chi connectivity index (χ4n) is 2.21. The minimum atomic E-state index is -0.0469. The van der Waals surface area contributed by atoms with E-state index >= 15 is 0 Å². The summed E-state index contributed by atoms with van der Waals surface area (Å²) in [7, 11) is 0. The topological polar surface area (TPSA) is 64.4 Å². The van der Waals surface area contributed by atoms with Gasteiger partial charge in [0.25, 0.3) is 5.91 Å². The molecule has 3 N–H and O–H groups in total. The van der Waals surface area contributed by atoms with E-state index in [-0.39, 0.29) is 5.91 Å². The zero-order chi connectivity index (χ0) is 12.8. The van der Waals surface area contributed by atoms with Crippen molar-refractivity contribution in [2.45, 2.75) is 19.3 Å². The molecule has 98 valence electrons. The normalized spacial score (nSPS) is 16.4. The van der Waals surface area contributed by atoms with Crippen molar-refractivity contribution in [1.82, 2.24) is 5.32 Å². The Morgan fingerprint density at radius 2 is 2.17 bits per heavy atom. The minimum Gasteiger partial charge on any atom is -0.399 e. The number of benzene rings is 1. The highest BCUT2D eigenvalue weighted by Gasteiger charge is 2.13. The van der Waals surface area contributed by atoms with Crippen molar-refractivity contribution in [2.75, 3.05) is 25.5 Å². The lowest BCUT2D eigenvalue weighted by Gasteiger charge is -2.21. The number of hydrogen-bond acceptors (Lipinski definition) is 3. The molecule has 0 spiro atoms. The Labute approximate surface area is 108 Å². The second-order valence-electron chi connectivity index (χ2n) is 4.73. The lowest BCUT2D eigenvalue weighted by Crippen LogP contribution is -2.27. The lowest BCUT2D eigenvalue weighted by atomic mass is 9.97. The third kappa shape index (κ3) is 3.74. The Morgan fingerprint density at radius 3 is 2.89 bits per heavy atom. The van der Waals surface area contributed by atoms with Crippen LogP contribution in [0.3, 0.4) is 0 Å². The van der Waals surface area contributed by atoms with Gasteiger partial charge in [0.15, 0.2) is 0 Å². The van der Waals surface area contributed by atoms with Gasteiger partial charge in [-0.2, -0.15) is 0 Å². The molecule has 1 saturated heterocycles. The molecule has 1 amide bonds. The molecule has 1 aliphatic rings. The van der Waals surface area contributed by atoms with E-state index in [1.807, 2.05) is 0 Å². The minimum absolute atomic E-state index is 0.0469. The molecule has 0 unspecified atom stereocenters. The van der Waals surface area contributed by atoms with Crippen LogP contribution in [-0.2, 0) is 4.74 Å². The number of anilines is 1. The number of nitrogen functional groups attached to an aromatic ring is 1. The number of rotatable bonds is 4. The largest absolute Gasteiger partial charge is 0.399 e. The quantitative estimate of drug-likeness (QED) is 0.799. The molecule has 1 aromatic carbocycles. The van der Waals surface area contributed by atoms with E-state index in [0.717, 1.165) is 39.0 Å². The van der Waals surface area contributed by atoms with Gasteiger partial charge in [-0.05, 0) is 43.4 Å². The fourth-order valence-corrected chi connectivity index (χ4v) is 2.21. The van der Waals surface area contributed by atoms with Gasteiger partial charge in [-0.15, -0.1) is 0 Å². The summed E-state index contributed by atoms with van der Waals surface area (Å²) in [6, 6.07) is 7.05. The summed E-state index contributed by atoms with van der Waals surface area (Å²) in [5.74, 6) is 0.634. The van der Waals surface area contributed by atoms with Crippen molar-refractivity contribution in [2.24, 2.45) is 5.92 Å². The number of nitrogens with two attached hydrogens (primary N) is 1. The predicted molar refractivity (Wildman–Crippen MR) is 71.3 cm³/mol. The monoisotopic (exact) mass is 248 g/mol. The molecule has 4 heteroatoms. The Morgan fingerprint density at radius 1 is 1.39 bits per heavy atom. The number of ether oxygens (including phenoxy) is 1. The molecule has 0 aromatic heterocycles. The second kappa shape index (κ2) is 6.40. The fraction of sp³-hybridized carbons (Fsp3) is 0.500. The third-order valence-electron chi connectivity index (χ3n) is 3.33. The van der Waals surface area contributed by atoms with E-state index in [2.05, 4.69) is 5.32 Å². The third-order valence-corrected chi connectivity index (χ3v) is 3.33. The summed E-state index contributed by atoms with van der Waals surface area (Å²) in [6.07, 6.45) is 3.24. The summed E-state index contributed by atoms with van der Waals surface area (Å²) < 4.78 is 5.31. The van der Waals surface area contributed by atoms with Gasteiger partial charge in [0.2, 0.25) is 0 Å². The first-order valence-electron chi connectivity index (χ1n) is 6.47. The van der Waals surface area contributed by atoms with Crippen molar-refractivity contribution in [1.29, 1.82) is 0 Å². The van der Waals surface area contributed by atoms with Crippen LogP contribution in [0.4, 0.5) is 5.69 Å². The molecular formula is C14H20N2O2. The maximum absolute atomic E-state index is 11.8. The summed E-state index contributed by atoms with van der Waals surface area (Å²) in [4.78, 5) is 11.8. The SMILES string of the molecule is Nc1cccc(C(=O)NCCC2CCOCC2)c1. The van der Waals surface area contributed by atoms with Crippen molar-refractivity contribution in [3.05, 3.63) is 29.8 Å². The first-order chi connectivity index (χ1) is 8.75. The summed E-state index contributed by atoms with van der Waals surface area (Å²) in [5, 5.41) is 2.94. The van der Waals surface area contributed by atoms with Gasteiger partial charge in [0.05, 0.1) is 0 Å². The smallest absolute Gasteiger partial charge is 0.251 e. The van der Waals surface area contributed by atoms with Crippen molar-refractivity contribution in [3.63, 3.8) is 0 Å². The number of carbonyl (C=O) groups excluding carboxylic acids is 1. The van der Waals surface area contributed by atoms with Crippen molar-refractivity contribution < 1.29 is 9.53 Å². The molecule has 0 radical (unpaired) electrons. The average Bonchev–Trinajstić information content (AvgIpc) is 2.40. The average molecular weight is 248 g/mol. The maximum atomic E-state index is 11.8. The van der Waals surface area contributed by atoms with E-state index < -0.39 is 0 Å². The highest BCUT2D eigenvalue weighted by Crippen LogP contribution is 2.17. The van der Waals surface area contributed by atoms with Gasteiger partial charge in [-0.3, -0.25) is 4.79 Å². The molecule has 1 aliphatic heterocycles. The Balaban J connectivity index is 1.74. The van der Waals surface area contributed by atoms with Gasteiger partial charge in [-0.25, -0.2) is 0 Å². The predicted octanol–water partition coefficient (Wildman–Crippen LogP) is 1.82. The molecule has 2 rings (SSSR count). The Kier molecular flexibility index (Phi) is 4.59. The Hall–Kier alpha value is -1.55. The first-order valence-corrected chi connectivity index (χ1v) is 6.47. The van der Waals surface area contributed by atoms with Crippen LogP contribution in [0, 0.1) is 5.92 Å². The molecule has 1 heterocycles. The molecule has 1 fully saturated rings. The van der Waals surface area contributed by atoms with Crippen LogP contribution in [0.15, 0.2) is 24.3 Å². The molecule has 4 nitrogen and oxygen atoms in total. The van der Waals surface area contributed by atoms with Gasteiger partial charge in [0.1, 0.15) is 0 Å². The summed E-state index contributed by atoms with van der Waals surface area (Å²) in [6.45, 7) is 2.43. The standard InChI is InChI=1S/C14H20N2O2/c15-13-3-1-2-12(10-13)14(17)16-7-4-11-5-8-18-9-6-11/h1-3,10-11H,4-9,15H2,(H,16,17). The lowest BCUT2D eigenvalue weighted by molar-refractivity contribution is 0.0636. The van der Waals surface area contributed by atoms with Crippen LogP contribution in [-0.4, -0.2) is 25.7 Å². The van der Waals surface area contributed by atoms with Gasteiger partial charge in [-0.1, -0.05) is 6.07 Å². The highest BCUT2D eigenvalue weighted by molar-refractivity contribution is 5.94. The molecular weight excluding hydrogens is 228 g/mol. The Bertz CT molecular complexity index is 401. The van der Waals surface area contributed by atoms with E-state index in [4.69, 9.17) is 10.5 Å².